The lowest BCUT2D eigenvalue weighted by atomic mass is 9.96. The highest BCUT2D eigenvalue weighted by Crippen LogP contribution is 2.24. The standard InChI is InChI=1S/C29H27ClN6/c30-25-13-11-22(12-14-25)20-36-29-26(19-33-36)28(31-21-32-29)35-17-15-34(16-18-35)27(23-7-3-1-4-8-23)24-9-5-2-6-10-24/h1-14,19,21,27H,15-18,20H2/p+1. The van der Waals surface area contributed by atoms with Gasteiger partial charge in [0.15, 0.2) is 5.65 Å². The molecule has 3 heterocycles. The Morgan fingerprint density at radius 3 is 2.08 bits per heavy atom. The highest BCUT2D eigenvalue weighted by molar-refractivity contribution is 6.30. The molecule has 0 radical (unpaired) electrons. The molecule has 0 amide bonds. The SMILES string of the molecule is Clc1ccc(Cn2ncc3c(N4CC[NH+](C(c5ccccc5)c5ccccc5)CC4)ncnc32)cc1. The number of quaternary nitrogens is 1. The fraction of sp³-hybridized carbons (Fsp3) is 0.207. The number of aromatic nitrogens is 4. The van der Waals surface area contributed by atoms with Crippen LogP contribution >= 0.6 is 11.6 Å². The summed E-state index contributed by atoms with van der Waals surface area (Å²) in [7, 11) is 0. The van der Waals surface area contributed by atoms with Crippen molar-refractivity contribution in [3.8, 4) is 0 Å². The van der Waals surface area contributed by atoms with Crippen LogP contribution in [0.2, 0.25) is 5.02 Å². The molecule has 0 spiro atoms. The minimum Gasteiger partial charge on any atom is -0.345 e. The molecule has 1 fully saturated rings. The minimum atomic E-state index is 0.321. The summed E-state index contributed by atoms with van der Waals surface area (Å²) in [6.45, 7) is 4.56. The summed E-state index contributed by atoms with van der Waals surface area (Å²) < 4.78 is 1.94. The fourth-order valence-electron chi connectivity index (χ4n) is 5.26. The number of halogens is 1. The van der Waals surface area contributed by atoms with E-state index in [2.05, 4.69) is 80.6 Å². The molecule has 6 nitrogen and oxygen atoms in total. The van der Waals surface area contributed by atoms with Crippen molar-refractivity contribution in [2.75, 3.05) is 31.1 Å². The van der Waals surface area contributed by atoms with Crippen LogP contribution < -0.4 is 9.80 Å². The summed E-state index contributed by atoms with van der Waals surface area (Å²) in [5, 5.41) is 6.37. The van der Waals surface area contributed by atoms with Gasteiger partial charge in [-0.2, -0.15) is 5.10 Å². The van der Waals surface area contributed by atoms with Crippen molar-refractivity contribution < 1.29 is 4.90 Å². The van der Waals surface area contributed by atoms with E-state index in [1.807, 2.05) is 35.1 Å². The van der Waals surface area contributed by atoms with Crippen LogP contribution in [0, 0.1) is 0 Å². The molecule has 1 saturated heterocycles. The van der Waals surface area contributed by atoms with Crippen LogP contribution in [0.5, 0.6) is 0 Å². The van der Waals surface area contributed by atoms with Gasteiger partial charge in [-0.3, -0.25) is 0 Å². The molecule has 6 rings (SSSR count). The molecule has 7 heteroatoms. The molecule has 1 N–H and O–H groups in total. The fourth-order valence-corrected chi connectivity index (χ4v) is 5.39. The minimum absolute atomic E-state index is 0.321. The van der Waals surface area contributed by atoms with E-state index in [1.165, 1.54) is 11.1 Å². The molecule has 2 aromatic heterocycles. The van der Waals surface area contributed by atoms with E-state index in [0.29, 0.717) is 12.6 Å². The quantitative estimate of drug-likeness (QED) is 0.386. The predicted molar refractivity (Wildman–Crippen MR) is 144 cm³/mol. The Morgan fingerprint density at radius 1 is 0.806 bits per heavy atom. The van der Waals surface area contributed by atoms with E-state index in [4.69, 9.17) is 11.6 Å². The van der Waals surface area contributed by atoms with Crippen LogP contribution in [0.15, 0.2) is 97.5 Å². The van der Waals surface area contributed by atoms with E-state index in [-0.39, 0.29) is 0 Å². The number of rotatable bonds is 6. The zero-order valence-corrected chi connectivity index (χ0v) is 20.7. The van der Waals surface area contributed by atoms with Crippen LogP contribution in [-0.4, -0.2) is 45.9 Å². The second-order valence-electron chi connectivity index (χ2n) is 9.26. The normalized spacial score (nSPS) is 14.6. The van der Waals surface area contributed by atoms with Gasteiger partial charge in [-0.1, -0.05) is 84.4 Å². The van der Waals surface area contributed by atoms with Gasteiger partial charge in [-0.15, -0.1) is 0 Å². The van der Waals surface area contributed by atoms with Crippen molar-refractivity contribution in [3.05, 3.63) is 119 Å². The van der Waals surface area contributed by atoms with E-state index < -0.39 is 0 Å². The Kier molecular flexibility index (Phi) is 6.36. The van der Waals surface area contributed by atoms with Gasteiger partial charge in [0.05, 0.1) is 44.3 Å². The zero-order valence-electron chi connectivity index (χ0n) is 20.0. The van der Waals surface area contributed by atoms with Gasteiger partial charge in [0.2, 0.25) is 0 Å². The van der Waals surface area contributed by atoms with Crippen LogP contribution in [0.3, 0.4) is 0 Å². The number of nitrogens with zero attached hydrogens (tertiary/aromatic N) is 5. The van der Waals surface area contributed by atoms with Crippen molar-refractivity contribution >= 4 is 28.5 Å². The summed E-state index contributed by atoms with van der Waals surface area (Å²) in [5.41, 5.74) is 4.71. The largest absolute Gasteiger partial charge is 0.345 e. The summed E-state index contributed by atoms with van der Waals surface area (Å²) in [6, 6.07) is 29.9. The molecule has 0 aliphatic carbocycles. The summed E-state index contributed by atoms with van der Waals surface area (Å²) in [5.74, 6) is 0.970. The van der Waals surface area contributed by atoms with E-state index in [0.717, 1.165) is 53.6 Å². The van der Waals surface area contributed by atoms with Crippen LogP contribution in [0.25, 0.3) is 11.0 Å². The Morgan fingerprint density at radius 2 is 1.44 bits per heavy atom. The van der Waals surface area contributed by atoms with E-state index in [9.17, 15) is 0 Å². The Hall–Kier alpha value is -3.74. The molecular weight excluding hydrogens is 468 g/mol. The number of hydrogen-bond acceptors (Lipinski definition) is 4. The Balaban J connectivity index is 1.22. The summed E-state index contributed by atoms with van der Waals surface area (Å²) >= 11 is 6.04. The van der Waals surface area contributed by atoms with Crippen molar-refractivity contribution in [3.63, 3.8) is 0 Å². The summed E-state index contributed by atoms with van der Waals surface area (Å²) in [4.78, 5) is 13.2. The highest BCUT2D eigenvalue weighted by Gasteiger charge is 2.31. The predicted octanol–water partition coefficient (Wildman–Crippen LogP) is 4.02. The Bertz CT molecular complexity index is 1390. The van der Waals surface area contributed by atoms with E-state index >= 15 is 0 Å². The first-order valence-electron chi connectivity index (χ1n) is 12.4. The number of nitrogens with one attached hydrogen (secondary N) is 1. The number of hydrogen-bond donors (Lipinski definition) is 1. The topological polar surface area (TPSA) is 51.3 Å². The highest BCUT2D eigenvalue weighted by atomic mass is 35.5. The molecule has 1 aliphatic rings. The first-order valence-corrected chi connectivity index (χ1v) is 12.7. The second-order valence-corrected chi connectivity index (χ2v) is 9.70. The molecule has 36 heavy (non-hydrogen) atoms. The van der Waals surface area contributed by atoms with Gasteiger partial charge in [0.1, 0.15) is 18.2 Å². The van der Waals surface area contributed by atoms with Gasteiger partial charge in [0, 0.05) is 16.1 Å². The maximum Gasteiger partial charge on any atom is 0.163 e. The lowest BCUT2D eigenvalue weighted by Gasteiger charge is -2.37. The van der Waals surface area contributed by atoms with Crippen LogP contribution in [0.1, 0.15) is 22.7 Å². The first-order chi connectivity index (χ1) is 17.8. The average molecular weight is 496 g/mol. The van der Waals surface area contributed by atoms with Gasteiger partial charge < -0.3 is 9.80 Å². The van der Waals surface area contributed by atoms with Gasteiger partial charge in [0.25, 0.3) is 0 Å². The van der Waals surface area contributed by atoms with Crippen LogP contribution in [-0.2, 0) is 6.54 Å². The van der Waals surface area contributed by atoms with Gasteiger partial charge >= 0.3 is 0 Å². The monoisotopic (exact) mass is 495 g/mol. The average Bonchev–Trinajstić information content (AvgIpc) is 3.35. The number of anilines is 1. The number of fused-ring (bicyclic) bond motifs is 1. The van der Waals surface area contributed by atoms with Gasteiger partial charge in [-0.25, -0.2) is 14.6 Å². The van der Waals surface area contributed by atoms with E-state index in [1.54, 1.807) is 11.2 Å². The van der Waals surface area contributed by atoms with Crippen molar-refractivity contribution in [1.29, 1.82) is 0 Å². The number of benzene rings is 3. The molecule has 3 aromatic carbocycles. The first kappa shape index (κ1) is 22.7. The third-order valence-corrected chi connectivity index (χ3v) is 7.29. The smallest absolute Gasteiger partial charge is 0.163 e. The zero-order chi connectivity index (χ0) is 24.3. The van der Waals surface area contributed by atoms with Crippen molar-refractivity contribution in [2.45, 2.75) is 12.6 Å². The number of piperazine rings is 1. The molecule has 0 bridgehead atoms. The summed E-state index contributed by atoms with van der Waals surface area (Å²) in [6.07, 6.45) is 3.56. The molecule has 0 atom stereocenters. The van der Waals surface area contributed by atoms with Crippen molar-refractivity contribution in [1.82, 2.24) is 19.7 Å². The molecule has 0 unspecified atom stereocenters. The maximum absolute atomic E-state index is 6.04. The maximum atomic E-state index is 6.04. The molecule has 180 valence electrons. The molecule has 5 aromatic rings. The molecular formula is C29H28ClN6+. The van der Waals surface area contributed by atoms with Gasteiger partial charge in [-0.05, 0) is 17.7 Å². The third-order valence-electron chi connectivity index (χ3n) is 7.04. The molecule has 0 saturated carbocycles. The van der Waals surface area contributed by atoms with Crippen molar-refractivity contribution in [2.24, 2.45) is 0 Å². The third kappa shape index (κ3) is 4.57. The Labute approximate surface area is 215 Å². The lowest BCUT2D eigenvalue weighted by molar-refractivity contribution is -0.926. The second kappa shape index (κ2) is 10.1. The van der Waals surface area contributed by atoms with Crippen LogP contribution in [0.4, 0.5) is 5.82 Å². The lowest BCUT2D eigenvalue weighted by Crippen LogP contribution is -3.15. The molecule has 1 aliphatic heterocycles.